The Bertz CT molecular complexity index is 161. The summed E-state index contributed by atoms with van der Waals surface area (Å²) in [6.45, 7) is 2.15. The molecule has 0 amide bonds. The Labute approximate surface area is 77.0 Å². The summed E-state index contributed by atoms with van der Waals surface area (Å²) in [5.41, 5.74) is 0. The molecular formula is C5H13NO4S2. The molecule has 2 atom stereocenters. The first-order valence-corrected chi connectivity index (χ1v) is 5.71. The van der Waals surface area contributed by atoms with Crippen molar-refractivity contribution >= 4 is 22.5 Å². The summed E-state index contributed by atoms with van der Waals surface area (Å²) in [4.78, 5) is 0. The van der Waals surface area contributed by atoms with E-state index in [-0.39, 0.29) is 6.54 Å². The number of hydrogen-bond donors (Lipinski definition) is 2. The normalized spacial score (nSPS) is 16.3. The van der Waals surface area contributed by atoms with Crippen LogP contribution in [-0.4, -0.2) is 27.8 Å². The lowest BCUT2D eigenvalue weighted by Gasteiger charge is -2.11. The summed E-state index contributed by atoms with van der Waals surface area (Å²) in [7, 11) is 0. The Morgan fingerprint density at radius 2 is 1.67 bits per heavy atom. The fourth-order valence-electron chi connectivity index (χ4n) is 0.702. The highest BCUT2D eigenvalue weighted by atomic mass is 32.3. The molecule has 5 nitrogen and oxygen atoms in total. The van der Waals surface area contributed by atoms with Crippen LogP contribution in [0.4, 0.5) is 0 Å². The van der Waals surface area contributed by atoms with Crippen LogP contribution in [0, 0.1) is 0 Å². The quantitative estimate of drug-likeness (QED) is 0.506. The average Bonchev–Trinajstić information content (AvgIpc) is 1.96. The molecule has 0 fully saturated rings. The zero-order valence-electron chi connectivity index (χ0n) is 6.80. The van der Waals surface area contributed by atoms with Crippen LogP contribution in [0.2, 0.25) is 0 Å². The molecule has 74 valence electrons. The van der Waals surface area contributed by atoms with Gasteiger partial charge in [-0.2, -0.15) is 0 Å². The summed E-state index contributed by atoms with van der Waals surface area (Å²) >= 11 is -4.71. The summed E-state index contributed by atoms with van der Waals surface area (Å²) < 4.78 is 38.5. The highest BCUT2D eigenvalue weighted by Gasteiger charge is 2.15. The predicted octanol–water partition coefficient (Wildman–Crippen LogP) is 0.752. The standard InChI is InChI=1S/C5H13NO4S2/c1-2-3-4-5-6(11(7)8)12(9)10/h2-5H2,1H3,(H,7,8)(H,9,10). The zero-order valence-corrected chi connectivity index (χ0v) is 8.44. The van der Waals surface area contributed by atoms with Crippen molar-refractivity contribution in [3.63, 3.8) is 0 Å². The summed E-state index contributed by atoms with van der Waals surface area (Å²) in [5, 5.41) is 0. The fraction of sp³-hybridized carbons (Fsp3) is 1.00. The molecule has 12 heavy (non-hydrogen) atoms. The number of unbranched alkanes of at least 4 members (excludes halogenated alkanes) is 2. The molecule has 7 heteroatoms. The van der Waals surface area contributed by atoms with Crippen molar-refractivity contribution < 1.29 is 17.5 Å². The first-order chi connectivity index (χ1) is 5.59. The molecule has 2 N–H and O–H groups in total. The second kappa shape index (κ2) is 6.67. The van der Waals surface area contributed by atoms with Gasteiger partial charge in [0, 0.05) is 6.54 Å². The highest BCUT2D eigenvalue weighted by molar-refractivity contribution is 7.92. The van der Waals surface area contributed by atoms with Gasteiger partial charge in [0.15, 0.2) is 0 Å². The van der Waals surface area contributed by atoms with E-state index in [2.05, 4.69) is 0 Å². The Hall–Kier alpha value is 0.180. The molecule has 0 aliphatic heterocycles. The first-order valence-electron chi connectivity index (χ1n) is 3.59. The maximum atomic E-state index is 10.4. The van der Waals surface area contributed by atoms with Gasteiger partial charge in [0.05, 0.1) is 0 Å². The second-order valence-electron chi connectivity index (χ2n) is 2.22. The minimum absolute atomic E-state index is 0.167. The summed E-state index contributed by atoms with van der Waals surface area (Å²) in [6, 6.07) is 0. The van der Waals surface area contributed by atoms with Gasteiger partial charge in [0.2, 0.25) is 22.5 Å². The van der Waals surface area contributed by atoms with Crippen LogP contribution in [0.15, 0.2) is 0 Å². The van der Waals surface area contributed by atoms with Gasteiger partial charge < -0.3 is 0 Å². The molecule has 0 spiro atoms. The molecule has 0 saturated heterocycles. The molecule has 2 unspecified atom stereocenters. The molecule has 0 aromatic rings. The van der Waals surface area contributed by atoms with Gasteiger partial charge in [-0.1, -0.05) is 23.5 Å². The zero-order chi connectivity index (χ0) is 9.56. The minimum atomic E-state index is -2.35. The Morgan fingerprint density at radius 1 is 1.17 bits per heavy atom. The van der Waals surface area contributed by atoms with Crippen molar-refractivity contribution in [2.24, 2.45) is 0 Å². The SMILES string of the molecule is CCCCCN(S(=O)O)S(=O)O. The minimum Gasteiger partial charge on any atom is -0.293 e. The summed E-state index contributed by atoms with van der Waals surface area (Å²) in [6.07, 6.45) is 2.49. The van der Waals surface area contributed by atoms with E-state index in [1.807, 2.05) is 6.92 Å². The lowest BCUT2D eigenvalue weighted by Crippen LogP contribution is -2.28. The molecule has 0 aliphatic rings. The molecule has 0 aliphatic carbocycles. The molecule has 0 aromatic carbocycles. The van der Waals surface area contributed by atoms with E-state index in [1.165, 1.54) is 0 Å². The maximum Gasteiger partial charge on any atom is 0.248 e. The molecule has 0 radical (unpaired) electrons. The van der Waals surface area contributed by atoms with Gasteiger partial charge in [-0.25, -0.2) is 8.42 Å². The maximum absolute atomic E-state index is 10.4. The predicted molar refractivity (Wildman–Crippen MR) is 47.8 cm³/mol. The van der Waals surface area contributed by atoms with E-state index >= 15 is 0 Å². The summed E-state index contributed by atoms with van der Waals surface area (Å²) in [5.74, 6) is 0. The van der Waals surface area contributed by atoms with Gasteiger partial charge in [-0.3, -0.25) is 9.11 Å². The van der Waals surface area contributed by atoms with Crippen molar-refractivity contribution in [2.45, 2.75) is 26.2 Å². The monoisotopic (exact) mass is 215 g/mol. The van der Waals surface area contributed by atoms with Gasteiger partial charge >= 0.3 is 0 Å². The smallest absolute Gasteiger partial charge is 0.248 e. The van der Waals surface area contributed by atoms with Crippen LogP contribution in [0.1, 0.15) is 26.2 Å². The molecule has 0 saturated carbocycles. The Kier molecular flexibility index (Phi) is 6.77. The third kappa shape index (κ3) is 4.94. The molecule has 0 aromatic heterocycles. The van der Waals surface area contributed by atoms with E-state index in [0.29, 0.717) is 10.1 Å². The van der Waals surface area contributed by atoms with Gasteiger partial charge in [-0.15, -0.1) is 0 Å². The van der Waals surface area contributed by atoms with Crippen LogP contribution < -0.4 is 0 Å². The Morgan fingerprint density at radius 3 is 2.00 bits per heavy atom. The third-order valence-electron chi connectivity index (χ3n) is 1.29. The fourth-order valence-corrected chi connectivity index (χ4v) is 1.71. The van der Waals surface area contributed by atoms with E-state index in [9.17, 15) is 8.42 Å². The number of rotatable bonds is 6. The highest BCUT2D eigenvalue weighted by Crippen LogP contribution is 2.01. The van der Waals surface area contributed by atoms with Gasteiger partial charge in [-0.05, 0) is 6.42 Å². The van der Waals surface area contributed by atoms with Crippen LogP contribution in [0.3, 0.4) is 0 Å². The number of hydrogen-bond acceptors (Lipinski definition) is 2. The van der Waals surface area contributed by atoms with Crippen molar-refractivity contribution in [1.82, 2.24) is 3.71 Å². The van der Waals surface area contributed by atoms with Crippen molar-refractivity contribution in [2.75, 3.05) is 6.54 Å². The molecule has 0 heterocycles. The lowest BCUT2D eigenvalue weighted by molar-refractivity contribution is 0.454. The average molecular weight is 215 g/mol. The molecular weight excluding hydrogens is 202 g/mol. The van der Waals surface area contributed by atoms with Gasteiger partial charge in [0.25, 0.3) is 0 Å². The van der Waals surface area contributed by atoms with Gasteiger partial charge in [0.1, 0.15) is 0 Å². The second-order valence-corrected chi connectivity index (χ2v) is 4.26. The Balaban J connectivity index is 3.80. The van der Waals surface area contributed by atoms with Crippen LogP contribution >= 0.6 is 0 Å². The third-order valence-corrected chi connectivity index (χ3v) is 3.12. The van der Waals surface area contributed by atoms with Crippen molar-refractivity contribution in [1.29, 1.82) is 0 Å². The van der Waals surface area contributed by atoms with Crippen LogP contribution in [0.5, 0.6) is 0 Å². The largest absolute Gasteiger partial charge is 0.293 e. The number of nitrogens with zero attached hydrogens (tertiary/aromatic N) is 1. The van der Waals surface area contributed by atoms with E-state index in [1.54, 1.807) is 0 Å². The van der Waals surface area contributed by atoms with E-state index in [0.717, 1.165) is 12.8 Å². The first kappa shape index (κ1) is 12.2. The molecule has 0 rings (SSSR count). The van der Waals surface area contributed by atoms with Crippen LogP contribution in [-0.2, 0) is 22.5 Å². The van der Waals surface area contributed by atoms with E-state index in [4.69, 9.17) is 9.11 Å². The lowest BCUT2D eigenvalue weighted by atomic mass is 10.3. The molecule has 0 bridgehead atoms. The van der Waals surface area contributed by atoms with Crippen LogP contribution in [0.25, 0.3) is 0 Å². The van der Waals surface area contributed by atoms with Crippen molar-refractivity contribution in [3.05, 3.63) is 0 Å². The van der Waals surface area contributed by atoms with Crippen molar-refractivity contribution in [3.8, 4) is 0 Å². The topological polar surface area (TPSA) is 77.8 Å². The van der Waals surface area contributed by atoms with E-state index < -0.39 is 22.5 Å².